The SMILES string of the molecule is CO[C@](C(=O)N1CC[C@H](C(=O)Nc2ccc(-c3ccc(-c4cnc([C@@H]5CCCN5C(=O)[C@@](OC)(c5ccccc5)C(F)(F)F)[nH]4)cc3)cc2)C1)(c1ccccc1)C(F)(F)F. The molecule has 2 saturated heterocycles. The van der Waals surface area contributed by atoms with E-state index in [0.29, 0.717) is 30.0 Å². The summed E-state index contributed by atoms with van der Waals surface area (Å²) in [5, 5.41) is 2.80. The van der Waals surface area contributed by atoms with Crippen molar-refractivity contribution in [3.05, 3.63) is 132 Å². The summed E-state index contributed by atoms with van der Waals surface area (Å²) in [4.78, 5) is 50.3. The Kier molecular flexibility index (Phi) is 11.6. The zero-order chi connectivity index (χ0) is 42.9. The van der Waals surface area contributed by atoms with E-state index in [9.17, 15) is 40.7 Å². The molecule has 16 heteroatoms. The second-order valence-electron chi connectivity index (χ2n) is 14.7. The van der Waals surface area contributed by atoms with Crippen LogP contribution in [-0.4, -0.2) is 83.7 Å². The molecule has 0 aliphatic carbocycles. The molecular formula is C44H41F6N5O5. The Morgan fingerprint density at radius 2 is 1.20 bits per heavy atom. The van der Waals surface area contributed by atoms with E-state index in [2.05, 4.69) is 15.3 Å². The average molecular weight is 834 g/mol. The largest absolute Gasteiger partial charge is 0.430 e. The summed E-state index contributed by atoms with van der Waals surface area (Å²) in [6, 6.07) is 27.2. The maximum atomic E-state index is 14.7. The first-order chi connectivity index (χ1) is 28.6. The molecule has 3 heterocycles. The number of likely N-dealkylation sites (tertiary alicyclic amines) is 2. The molecule has 5 aromatic rings. The minimum atomic E-state index is -5.06. The van der Waals surface area contributed by atoms with Crippen molar-refractivity contribution in [3.8, 4) is 22.4 Å². The highest BCUT2D eigenvalue weighted by Crippen LogP contribution is 2.47. The van der Waals surface area contributed by atoms with Gasteiger partial charge < -0.3 is 29.6 Å². The van der Waals surface area contributed by atoms with Crippen LogP contribution in [0.4, 0.5) is 32.0 Å². The first-order valence-electron chi connectivity index (χ1n) is 19.2. The Bertz CT molecular complexity index is 2300. The third kappa shape index (κ3) is 7.53. The lowest BCUT2D eigenvalue weighted by atomic mass is 9.90. The van der Waals surface area contributed by atoms with Crippen molar-refractivity contribution in [2.45, 2.75) is 48.9 Å². The van der Waals surface area contributed by atoms with Gasteiger partial charge in [-0.2, -0.15) is 26.3 Å². The summed E-state index contributed by atoms with van der Waals surface area (Å²) in [7, 11) is 1.73. The predicted octanol–water partition coefficient (Wildman–Crippen LogP) is 8.40. The van der Waals surface area contributed by atoms with Gasteiger partial charge in [0.25, 0.3) is 23.0 Å². The molecule has 0 unspecified atom stereocenters. The lowest BCUT2D eigenvalue weighted by molar-refractivity contribution is -0.271. The van der Waals surface area contributed by atoms with Crippen molar-refractivity contribution in [1.29, 1.82) is 0 Å². The number of carbonyl (C=O) groups is 3. The van der Waals surface area contributed by atoms with Gasteiger partial charge in [-0.25, -0.2) is 4.98 Å². The Labute approximate surface area is 341 Å². The number of methoxy groups -OCH3 is 2. The lowest BCUT2D eigenvalue weighted by Gasteiger charge is -2.38. The number of amides is 3. The average Bonchev–Trinajstić information content (AvgIpc) is 4.04. The van der Waals surface area contributed by atoms with Crippen LogP contribution in [0, 0.1) is 5.92 Å². The van der Waals surface area contributed by atoms with Gasteiger partial charge in [0, 0.05) is 50.7 Å². The molecule has 0 spiro atoms. The molecule has 0 radical (unpaired) electrons. The number of hydrogen-bond donors (Lipinski definition) is 2. The number of aromatic nitrogens is 2. The molecule has 2 aliphatic heterocycles. The maximum absolute atomic E-state index is 14.7. The highest BCUT2D eigenvalue weighted by atomic mass is 19.4. The van der Waals surface area contributed by atoms with Gasteiger partial charge in [0.15, 0.2) is 0 Å². The standard InChI is InChI=1S/C44H41F6N5O5/c1-59-41(43(45,46)47,32-10-5-3-6-11-32)39(57)54-25-23-31(27-54)38(56)52-34-21-19-29(20-22-34)28-15-17-30(18-16-28)35-26-51-37(53-35)36-14-9-24-55(36)40(58)42(60-2,44(48,49)50)33-12-7-4-8-13-33/h3-8,10-13,15-22,26,31,36H,9,14,23-25,27H2,1-2H3,(H,51,53)(H,52,56)/t31-,36-,41-,42-/m0/s1. The van der Waals surface area contributed by atoms with Crippen LogP contribution in [0.1, 0.15) is 42.3 Å². The summed E-state index contributed by atoms with van der Waals surface area (Å²) in [6.07, 6.45) is -7.47. The van der Waals surface area contributed by atoms with Crippen LogP contribution in [0.15, 0.2) is 115 Å². The molecule has 1 aromatic heterocycles. The van der Waals surface area contributed by atoms with Crippen molar-refractivity contribution in [2.24, 2.45) is 5.92 Å². The summed E-state index contributed by atoms with van der Waals surface area (Å²) in [5.41, 5.74) is -3.60. The minimum absolute atomic E-state index is 0.0514. The van der Waals surface area contributed by atoms with Crippen LogP contribution >= 0.6 is 0 Å². The number of benzene rings is 4. The highest BCUT2D eigenvalue weighted by Gasteiger charge is 2.65. The predicted molar refractivity (Wildman–Crippen MR) is 209 cm³/mol. The van der Waals surface area contributed by atoms with Gasteiger partial charge >= 0.3 is 12.4 Å². The molecule has 2 aliphatic rings. The van der Waals surface area contributed by atoms with Crippen LogP contribution in [-0.2, 0) is 35.1 Å². The Balaban J connectivity index is 0.990. The summed E-state index contributed by atoms with van der Waals surface area (Å²) in [6.45, 7) is -0.163. The van der Waals surface area contributed by atoms with Gasteiger partial charge in [-0.15, -0.1) is 0 Å². The third-order valence-corrected chi connectivity index (χ3v) is 11.3. The van der Waals surface area contributed by atoms with Crippen molar-refractivity contribution in [3.63, 3.8) is 0 Å². The fourth-order valence-electron chi connectivity index (χ4n) is 8.17. The number of alkyl halides is 6. The van der Waals surface area contributed by atoms with E-state index < -0.39 is 53.2 Å². The number of nitrogens with one attached hydrogen (secondary N) is 2. The Hall–Kier alpha value is -6.00. The van der Waals surface area contributed by atoms with Crippen LogP contribution < -0.4 is 5.32 Å². The van der Waals surface area contributed by atoms with E-state index in [1.807, 2.05) is 24.3 Å². The van der Waals surface area contributed by atoms with E-state index in [4.69, 9.17) is 9.47 Å². The molecule has 0 bridgehead atoms. The summed E-state index contributed by atoms with van der Waals surface area (Å²) < 4.78 is 97.4. The first-order valence-corrected chi connectivity index (χ1v) is 19.2. The molecule has 4 atom stereocenters. The number of nitrogens with zero attached hydrogens (tertiary/aromatic N) is 3. The highest BCUT2D eigenvalue weighted by molar-refractivity contribution is 5.95. The van der Waals surface area contributed by atoms with E-state index in [1.165, 1.54) is 59.5 Å². The number of rotatable bonds is 11. The molecular weight excluding hydrogens is 793 g/mol. The number of hydrogen-bond acceptors (Lipinski definition) is 6. The first kappa shape index (κ1) is 42.1. The fourth-order valence-corrected chi connectivity index (χ4v) is 8.17. The normalized spacial score (nSPS) is 19.1. The smallest absolute Gasteiger partial charge is 0.356 e. The van der Waals surface area contributed by atoms with Gasteiger partial charge in [-0.1, -0.05) is 97.1 Å². The zero-order valence-corrected chi connectivity index (χ0v) is 32.5. The van der Waals surface area contributed by atoms with Gasteiger partial charge in [-0.05, 0) is 48.1 Å². The topological polar surface area (TPSA) is 117 Å². The molecule has 0 saturated carbocycles. The molecule has 7 rings (SSSR count). The molecule has 2 N–H and O–H groups in total. The monoisotopic (exact) mass is 833 g/mol. The molecule has 60 heavy (non-hydrogen) atoms. The van der Waals surface area contributed by atoms with Crippen molar-refractivity contribution < 1.29 is 50.2 Å². The van der Waals surface area contributed by atoms with Gasteiger partial charge in [0.05, 0.1) is 23.9 Å². The van der Waals surface area contributed by atoms with Crippen LogP contribution in [0.3, 0.4) is 0 Å². The number of halogens is 6. The summed E-state index contributed by atoms with van der Waals surface area (Å²) in [5.74, 6) is -3.31. The number of aromatic amines is 1. The third-order valence-electron chi connectivity index (χ3n) is 11.3. The van der Waals surface area contributed by atoms with Crippen molar-refractivity contribution in [1.82, 2.24) is 19.8 Å². The van der Waals surface area contributed by atoms with Crippen molar-refractivity contribution in [2.75, 3.05) is 39.2 Å². The minimum Gasteiger partial charge on any atom is -0.356 e. The summed E-state index contributed by atoms with van der Waals surface area (Å²) >= 11 is 0. The Morgan fingerprint density at radius 1 is 0.683 bits per heavy atom. The van der Waals surface area contributed by atoms with Crippen molar-refractivity contribution >= 4 is 23.4 Å². The van der Waals surface area contributed by atoms with Gasteiger partial charge in [0.1, 0.15) is 5.82 Å². The maximum Gasteiger partial charge on any atom is 0.430 e. The van der Waals surface area contributed by atoms with E-state index in [0.717, 1.165) is 35.8 Å². The van der Waals surface area contributed by atoms with E-state index >= 15 is 0 Å². The lowest BCUT2D eigenvalue weighted by Crippen LogP contribution is -2.56. The molecule has 3 amide bonds. The number of H-pyrrole nitrogens is 1. The van der Waals surface area contributed by atoms with Crippen LogP contribution in [0.25, 0.3) is 22.4 Å². The molecule has 4 aromatic carbocycles. The quantitative estimate of drug-likeness (QED) is 0.129. The van der Waals surface area contributed by atoms with E-state index in [-0.39, 0.29) is 37.2 Å². The zero-order valence-electron chi connectivity index (χ0n) is 32.5. The molecule has 314 valence electrons. The van der Waals surface area contributed by atoms with Crippen LogP contribution in [0.5, 0.6) is 0 Å². The second-order valence-corrected chi connectivity index (χ2v) is 14.7. The number of imidazole rings is 1. The van der Waals surface area contributed by atoms with Crippen LogP contribution in [0.2, 0.25) is 0 Å². The molecule has 2 fully saturated rings. The number of anilines is 1. The second kappa shape index (κ2) is 16.6. The Morgan fingerprint density at radius 3 is 1.73 bits per heavy atom. The fraction of sp³-hybridized carbons (Fsp3) is 0.318. The van der Waals surface area contributed by atoms with Gasteiger partial charge in [-0.3, -0.25) is 14.4 Å². The number of ether oxygens (including phenoxy) is 2. The number of carbonyl (C=O) groups excluding carboxylic acids is 3. The van der Waals surface area contributed by atoms with E-state index in [1.54, 1.807) is 36.5 Å². The van der Waals surface area contributed by atoms with Gasteiger partial charge in [0.2, 0.25) is 5.91 Å². The molecule has 10 nitrogen and oxygen atoms in total.